The summed E-state index contributed by atoms with van der Waals surface area (Å²) in [4.78, 5) is 25.5. The van der Waals surface area contributed by atoms with Crippen LogP contribution in [-0.4, -0.2) is 47.5 Å². The summed E-state index contributed by atoms with van der Waals surface area (Å²) in [7, 11) is 1.90. The molecule has 2 aliphatic rings. The molecule has 0 aliphatic carbocycles. The first-order valence-corrected chi connectivity index (χ1v) is 9.70. The molecule has 3 unspecified atom stereocenters. The molecule has 140 valence electrons. The van der Waals surface area contributed by atoms with Gasteiger partial charge in [-0.1, -0.05) is 6.92 Å². The van der Waals surface area contributed by atoms with E-state index in [1.165, 1.54) is 0 Å². The normalized spacial score (nSPS) is 25.8. The van der Waals surface area contributed by atoms with Crippen LogP contribution in [-0.2, 0) is 4.79 Å². The number of aromatic nitrogens is 2. The Morgan fingerprint density at radius 2 is 2.00 bits per heavy atom. The number of anilines is 1. The van der Waals surface area contributed by atoms with Crippen molar-refractivity contribution in [2.45, 2.75) is 26.2 Å². The maximum absolute atomic E-state index is 12.3. The summed E-state index contributed by atoms with van der Waals surface area (Å²) in [5, 5.41) is 9.36. The van der Waals surface area contributed by atoms with Crippen LogP contribution in [0.5, 0.6) is 0 Å². The molecular weight excluding hydrogens is 338 g/mol. The third-order valence-corrected chi connectivity index (χ3v) is 5.97. The second kappa shape index (κ2) is 7.15. The minimum atomic E-state index is 0.171. The highest BCUT2D eigenvalue weighted by Gasteiger charge is 2.34. The zero-order chi connectivity index (χ0) is 19.0. The Morgan fingerprint density at radius 1 is 1.22 bits per heavy atom. The molecule has 0 spiro atoms. The molecule has 3 atom stereocenters. The molecule has 3 heterocycles. The van der Waals surface area contributed by atoms with Crippen LogP contribution in [0.1, 0.15) is 31.7 Å². The lowest BCUT2D eigenvalue weighted by Crippen LogP contribution is -2.41. The lowest BCUT2D eigenvalue weighted by Gasteiger charge is -2.39. The highest BCUT2D eigenvalue weighted by atomic mass is 16.2. The summed E-state index contributed by atoms with van der Waals surface area (Å²) in [5.74, 6) is 1.52. The lowest BCUT2D eigenvalue weighted by atomic mass is 9.83. The second-order valence-electron chi connectivity index (χ2n) is 8.09. The molecule has 1 aromatic heterocycles. The number of fused-ring (bicyclic) bond motifs is 1. The average Bonchev–Trinajstić information content (AvgIpc) is 2.98. The second-order valence-corrected chi connectivity index (χ2v) is 8.09. The molecule has 6 heteroatoms. The Balaban J connectivity index is 1.60. The van der Waals surface area contributed by atoms with Crippen LogP contribution in [0, 0.1) is 29.1 Å². The van der Waals surface area contributed by atoms with E-state index in [0.29, 0.717) is 28.8 Å². The molecule has 2 aromatic rings. The average molecular weight is 363 g/mol. The van der Waals surface area contributed by atoms with Gasteiger partial charge in [-0.3, -0.25) is 14.8 Å². The first-order valence-electron chi connectivity index (χ1n) is 9.70. The van der Waals surface area contributed by atoms with Gasteiger partial charge in [0.05, 0.1) is 11.3 Å². The van der Waals surface area contributed by atoms with E-state index in [-0.39, 0.29) is 5.92 Å². The third-order valence-electron chi connectivity index (χ3n) is 5.97. The maximum Gasteiger partial charge on any atom is 0.225 e. The molecule has 0 bridgehead atoms. The van der Waals surface area contributed by atoms with Crippen LogP contribution < -0.4 is 4.90 Å². The molecule has 0 N–H and O–H groups in total. The largest absolute Gasteiger partial charge is 0.369 e. The van der Waals surface area contributed by atoms with Crippen LogP contribution in [0.2, 0.25) is 0 Å². The van der Waals surface area contributed by atoms with Gasteiger partial charge in [-0.05, 0) is 43.2 Å². The Bertz CT molecular complexity index is 905. The molecule has 0 radical (unpaired) electrons. The van der Waals surface area contributed by atoms with Crippen LogP contribution in [0.4, 0.5) is 5.69 Å². The van der Waals surface area contributed by atoms with Crippen LogP contribution in [0.3, 0.4) is 0 Å². The fourth-order valence-electron chi connectivity index (χ4n) is 4.75. The first-order chi connectivity index (χ1) is 13.1. The van der Waals surface area contributed by atoms with Crippen molar-refractivity contribution in [3.05, 3.63) is 30.1 Å². The van der Waals surface area contributed by atoms with Crippen molar-refractivity contribution in [1.82, 2.24) is 14.9 Å². The standard InChI is InChI=1S/C21H25N5O/c1-14-9-15(10-16-5-8-25(2)21(16)27)13-26(12-14)18-4-3-17(11-22)19-20(18)24-7-6-23-19/h3-4,6-7,14-16H,5,8-10,12-13H2,1-2H3. The van der Waals surface area contributed by atoms with Gasteiger partial charge in [0, 0.05) is 45.0 Å². The van der Waals surface area contributed by atoms with Crippen molar-refractivity contribution in [2.24, 2.45) is 17.8 Å². The Labute approximate surface area is 159 Å². The summed E-state index contributed by atoms with van der Waals surface area (Å²) < 4.78 is 0. The highest BCUT2D eigenvalue weighted by molar-refractivity contribution is 5.92. The molecule has 27 heavy (non-hydrogen) atoms. The van der Waals surface area contributed by atoms with Crippen molar-refractivity contribution in [2.75, 3.05) is 31.6 Å². The van der Waals surface area contributed by atoms with Crippen molar-refractivity contribution in [1.29, 1.82) is 5.26 Å². The summed E-state index contributed by atoms with van der Waals surface area (Å²) in [5.41, 5.74) is 3.06. The van der Waals surface area contributed by atoms with Crippen molar-refractivity contribution < 1.29 is 4.79 Å². The summed E-state index contributed by atoms with van der Waals surface area (Å²) >= 11 is 0. The minimum absolute atomic E-state index is 0.171. The van der Waals surface area contributed by atoms with Crippen LogP contribution in [0.25, 0.3) is 11.0 Å². The van der Waals surface area contributed by atoms with Crippen LogP contribution in [0.15, 0.2) is 24.5 Å². The van der Waals surface area contributed by atoms with Gasteiger partial charge >= 0.3 is 0 Å². The van der Waals surface area contributed by atoms with E-state index in [4.69, 9.17) is 0 Å². The summed E-state index contributed by atoms with van der Waals surface area (Å²) in [6.07, 6.45) is 6.42. The molecular formula is C21H25N5O. The number of hydrogen-bond donors (Lipinski definition) is 0. The van der Waals surface area contributed by atoms with E-state index >= 15 is 0 Å². The Kier molecular flexibility index (Phi) is 4.69. The van der Waals surface area contributed by atoms with Gasteiger partial charge in [0.2, 0.25) is 5.91 Å². The fourth-order valence-corrected chi connectivity index (χ4v) is 4.75. The SMILES string of the molecule is CC1CC(CC2CCN(C)C2=O)CN(c2ccc(C#N)c3nccnc23)C1. The molecule has 2 saturated heterocycles. The number of amides is 1. The van der Waals surface area contributed by atoms with Gasteiger partial charge in [0.1, 0.15) is 17.1 Å². The van der Waals surface area contributed by atoms with E-state index in [2.05, 4.69) is 27.9 Å². The summed E-state index contributed by atoms with van der Waals surface area (Å²) in [6, 6.07) is 6.05. The van der Waals surface area contributed by atoms with E-state index in [1.54, 1.807) is 12.4 Å². The number of rotatable bonds is 3. The van der Waals surface area contributed by atoms with E-state index in [9.17, 15) is 10.1 Å². The molecule has 4 rings (SSSR count). The molecule has 2 fully saturated rings. The predicted molar refractivity (Wildman–Crippen MR) is 104 cm³/mol. The number of hydrogen-bond acceptors (Lipinski definition) is 5. The third kappa shape index (κ3) is 3.34. The minimum Gasteiger partial charge on any atom is -0.369 e. The fraction of sp³-hybridized carbons (Fsp3) is 0.524. The molecule has 2 aliphatic heterocycles. The number of benzene rings is 1. The molecule has 6 nitrogen and oxygen atoms in total. The zero-order valence-corrected chi connectivity index (χ0v) is 15.9. The van der Waals surface area contributed by atoms with Crippen molar-refractivity contribution >= 4 is 22.6 Å². The van der Waals surface area contributed by atoms with E-state index in [1.807, 2.05) is 24.1 Å². The number of piperidine rings is 1. The van der Waals surface area contributed by atoms with Gasteiger partial charge in [-0.25, -0.2) is 0 Å². The first kappa shape index (κ1) is 17.7. The lowest BCUT2D eigenvalue weighted by molar-refractivity contribution is -0.130. The van der Waals surface area contributed by atoms with Gasteiger partial charge in [-0.15, -0.1) is 0 Å². The number of likely N-dealkylation sites (tertiary alicyclic amines) is 1. The smallest absolute Gasteiger partial charge is 0.225 e. The molecule has 1 aromatic carbocycles. The monoisotopic (exact) mass is 363 g/mol. The number of nitrogens with zero attached hydrogens (tertiary/aromatic N) is 5. The molecule has 0 saturated carbocycles. The predicted octanol–water partition coefficient (Wildman–Crippen LogP) is 2.83. The Hall–Kier alpha value is -2.68. The summed E-state index contributed by atoms with van der Waals surface area (Å²) in [6.45, 7) is 5.05. The van der Waals surface area contributed by atoms with Crippen LogP contribution >= 0.6 is 0 Å². The Morgan fingerprint density at radius 3 is 2.70 bits per heavy atom. The van der Waals surface area contributed by atoms with Crippen molar-refractivity contribution in [3.63, 3.8) is 0 Å². The number of nitriles is 1. The van der Waals surface area contributed by atoms with Gasteiger partial charge < -0.3 is 9.80 Å². The zero-order valence-electron chi connectivity index (χ0n) is 15.9. The topological polar surface area (TPSA) is 73.1 Å². The highest BCUT2D eigenvalue weighted by Crippen LogP contribution is 2.35. The van der Waals surface area contributed by atoms with E-state index < -0.39 is 0 Å². The number of carbonyl (C=O) groups is 1. The maximum atomic E-state index is 12.3. The van der Waals surface area contributed by atoms with Gasteiger partial charge in [0.25, 0.3) is 0 Å². The van der Waals surface area contributed by atoms with Gasteiger partial charge in [0.15, 0.2) is 0 Å². The van der Waals surface area contributed by atoms with E-state index in [0.717, 1.165) is 50.1 Å². The van der Waals surface area contributed by atoms with Crippen molar-refractivity contribution in [3.8, 4) is 6.07 Å². The quantitative estimate of drug-likeness (QED) is 0.838. The molecule has 1 amide bonds. The van der Waals surface area contributed by atoms with Gasteiger partial charge in [-0.2, -0.15) is 5.26 Å². The number of carbonyl (C=O) groups excluding carboxylic acids is 1.